The first-order valence-electron chi connectivity index (χ1n) is 11.2. The number of hydrogen-bond donors (Lipinski definition) is 1. The molecule has 0 bridgehead atoms. The van der Waals surface area contributed by atoms with E-state index in [4.69, 9.17) is 33.7 Å². The number of ketones is 1. The molecule has 12 heteroatoms. The van der Waals surface area contributed by atoms with Gasteiger partial charge in [-0.05, 0) is 61.6 Å². The van der Waals surface area contributed by atoms with E-state index in [2.05, 4.69) is 9.97 Å². The number of nitrogens with two attached hydrogens (primary N) is 1. The van der Waals surface area contributed by atoms with Crippen LogP contribution in [0.3, 0.4) is 0 Å². The van der Waals surface area contributed by atoms with Crippen molar-refractivity contribution in [2.75, 3.05) is 5.73 Å². The molecular weight excluding hydrogens is 547 g/mol. The zero-order chi connectivity index (χ0) is 26.5. The van der Waals surface area contributed by atoms with Crippen LogP contribution in [0.1, 0.15) is 42.5 Å². The van der Waals surface area contributed by atoms with Gasteiger partial charge in [-0.1, -0.05) is 29.3 Å². The number of carbonyl (C=O) groups is 1. The third kappa shape index (κ3) is 4.47. The number of nitrogen functional groups attached to an aromatic ring is 1. The van der Waals surface area contributed by atoms with Crippen molar-refractivity contribution < 1.29 is 26.7 Å². The Bertz CT molecular complexity index is 1570. The number of nitrogens with zero attached hydrogens (tertiary/aromatic N) is 2. The van der Waals surface area contributed by atoms with Crippen molar-refractivity contribution in [2.24, 2.45) is 0 Å². The maximum Gasteiger partial charge on any atom is 0.220 e. The second-order valence-corrected chi connectivity index (χ2v) is 11.6. The van der Waals surface area contributed by atoms with Crippen LogP contribution in [0.5, 0.6) is 0 Å². The van der Waals surface area contributed by atoms with E-state index in [0.717, 1.165) is 31.0 Å². The molecule has 1 aromatic heterocycles. The summed E-state index contributed by atoms with van der Waals surface area (Å²) in [6.45, 7) is 0. The fraction of sp³-hybridized carbons (Fsp3) is 0.240. The van der Waals surface area contributed by atoms with Crippen LogP contribution in [0.2, 0.25) is 10.0 Å². The topological polar surface area (TPSA) is 112 Å². The number of aromatic nitrogens is 2. The predicted molar refractivity (Wildman–Crippen MR) is 134 cm³/mol. The van der Waals surface area contributed by atoms with Gasteiger partial charge in [0, 0.05) is 16.8 Å². The molecule has 37 heavy (non-hydrogen) atoms. The average molecular weight is 566 g/mol. The van der Waals surface area contributed by atoms with Crippen molar-refractivity contribution in [2.45, 2.75) is 41.9 Å². The number of carbonyl (C=O) groups excluding carboxylic acids is 1. The number of benzene rings is 2. The molecule has 3 aromatic rings. The molecule has 5 rings (SSSR count). The molecule has 1 spiro atoms. The van der Waals surface area contributed by atoms with Crippen LogP contribution in [0, 0.1) is 11.6 Å². The fourth-order valence-electron chi connectivity index (χ4n) is 4.81. The standard InChI is InChI=1S/C25H19Cl2F2N3O4S/c26-14-10-13(12-37(34,35)22-16(28)4-3-5-17(22)29)20(27)15(11-14)19-21(18-6-9-31-24(30)32-18)36-25(23(19)33)7-1-2-8-25/h3-6,9-11H,1-2,7-8,12H2,(H2,30,31,32). The fourth-order valence-corrected chi connectivity index (χ4v) is 6.92. The number of rotatable bonds is 5. The Morgan fingerprint density at radius 3 is 2.41 bits per heavy atom. The van der Waals surface area contributed by atoms with E-state index in [-0.39, 0.29) is 49.9 Å². The van der Waals surface area contributed by atoms with Gasteiger partial charge >= 0.3 is 0 Å². The molecule has 0 unspecified atom stereocenters. The molecule has 2 heterocycles. The largest absolute Gasteiger partial charge is 0.476 e. The first-order chi connectivity index (χ1) is 17.5. The molecule has 0 amide bonds. The van der Waals surface area contributed by atoms with E-state index in [1.54, 1.807) is 0 Å². The van der Waals surface area contributed by atoms with Gasteiger partial charge in [-0.15, -0.1) is 0 Å². The molecule has 0 saturated heterocycles. The molecule has 0 radical (unpaired) electrons. The summed E-state index contributed by atoms with van der Waals surface area (Å²) in [5.41, 5.74) is 5.04. The molecule has 1 fully saturated rings. The summed E-state index contributed by atoms with van der Waals surface area (Å²) in [6, 6.07) is 6.98. The van der Waals surface area contributed by atoms with Crippen LogP contribution in [-0.4, -0.2) is 29.8 Å². The second kappa shape index (κ2) is 9.34. The Morgan fingerprint density at radius 1 is 1.08 bits per heavy atom. The Hall–Kier alpha value is -3.08. The van der Waals surface area contributed by atoms with Crippen LogP contribution < -0.4 is 5.73 Å². The Balaban J connectivity index is 1.67. The van der Waals surface area contributed by atoms with Crippen molar-refractivity contribution in [1.29, 1.82) is 0 Å². The number of anilines is 1. The quantitative estimate of drug-likeness (QED) is 0.440. The summed E-state index contributed by atoms with van der Waals surface area (Å²) in [5.74, 6) is -3.57. The third-order valence-electron chi connectivity index (χ3n) is 6.44. The van der Waals surface area contributed by atoms with Crippen molar-refractivity contribution in [3.8, 4) is 0 Å². The Labute approximate surface area is 221 Å². The smallest absolute Gasteiger partial charge is 0.220 e. The van der Waals surface area contributed by atoms with Crippen LogP contribution in [-0.2, 0) is 25.1 Å². The van der Waals surface area contributed by atoms with Crippen LogP contribution in [0.25, 0.3) is 11.3 Å². The van der Waals surface area contributed by atoms with E-state index in [0.29, 0.717) is 12.8 Å². The van der Waals surface area contributed by atoms with E-state index in [1.165, 1.54) is 24.4 Å². The molecular formula is C25H19Cl2F2N3O4S. The number of hydrogen-bond acceptors (Lipinski definition) is 7. The number of sulfone groups is 1. The lowest BCUT2D eigenvalue weighted by atomic mass is 9.89. The van der Waals surface area contributed by atoms with Crippen molar-refractivity contribution >= 4 is 56.1 Å². The van der Waals surface area contributed by atoms with Crippen LogP contribution in [0.4, 0.5) is 14.7 Å². The molecule has 192 valence electrons. The minimum absolute atomic E-state index is 0.0383. The normalized spacial score (nSPS) is 17.0. The zero-order valence-corrected chi connectivity index (χ0v) is 21.4. The van der Waals surface area contributed by atoms with Crippen molar-refractivity contribution in [1.82, 2.24) is 9.97 Å². The lowest BCUT2D eigenvalue weighted by Crippen LogP contribution is -2.33. The van der Waals surface area contributed by atoms with Crippen LogP contribution in [0.15, 0.2) is 47.5 Å². The minimum Gasteiger partial charge on any atom is -0.476 e. The Kier molecular flexibility index (Phi) is 6.45. The van der Waals surface area contributed by atoms with E-state index >= 15 is 0 Å². The summed E-state index contributed by atoms with van der Waals surface area (Å²) >= 11 is 13.0. The summed E-state index contributed by atoms with van der Waals surface area (Å²) < 4.78 is 60.8. The van der Waals surface area contributed by atoms with Gasteiger partial charge in [0.2, 0.25) is 11.7 Å². The molecule has 1 aliphatic heterocycles. The number of halogens is 4. The monoisotopic (exact) mass is 565 g/mol. The SMILES string of the molecule is Nc1nccc(C2=C(c3cc(Cl)cc(CS(=O)(=O)c4c(F)cccc4F)c3Cl)C(=O)C3(CCCC3)O2)n1. The Morgan fingerprint density at radius 2 is 1.76 bits per heavy atom. The molecule has 2 N–H and O–H groups in total. The first-order valence-corrected chi connectivity index (χ1v) is 13.7. The van der Waals surface area contributed by atoms with Crippen molar-refractivity contribution in [3.63, 3.8) is 0 Å². The molecule has 7 nitrogen and oxygen atoms in total. The molecule has 2 aromatic carbocycles. The zero-order valence-electron chi connectivity index (χ0n) is 19.1. The first kappa shape index (κ1) is 25.6. The van der Waals surface area contributed by atoms with Gasteiger partial charge in [0.1, 0.15) is 22.2 Å². The predicted octanol–water partition coefficient (Wildman–Crippen LogP) is 5.40. The summed E-state index contributed by atoms with van der Waals surface area (Å²) in [7, 11) is -4.52. The highest BCUT2D eigenvalue weighted by molar-refractivity contribution is 7.90. The second-order valence-electron chi connectivity index (χ2n) is 8.87. The number of ether oxygens (including phenoxy) is 1. The van der Waals surface area contributed by atoms with E-state index < -0.39 is 37.7 Å². The van der Waals surface area contributed by atoms with Gasteiger partial charge in [-0.2, -0.15) is 0 Å². The van der Waals surface area contributed by atoms with Gasteiger partial charge in [0.05, 0.1) is 16.3 Å². The number of Topliss-reactive ketones (excluding diaryl/α,β-unsaturated/α-hetero) is 1. The lowest BCUT2D eigenvalue weighted by molar-refractivity contribution is -0.127. The molecule has 2 aliphatic rings. The lowest BCUT2D eigenvalue weighted by Gasteiger charge is -2.22. The average Bonchev–Trinajstić information content (AvgIpc) is 3.41. The molecule has 1 aliphatic carbocycles. The van der Waals surface area contributed by atoms with E-state index in [1.807, 2.05) is 0 Å². The van der Waals surface area contributed by atoms with Gasteiger partial charge in [0.15, 0.2) is 21.2 Å². The van der Waals surface area contributed by atoms with E-state index in [9.17, 15) is 22.0 Å². The van der Waals surface area contributed by atoms with Gasteiger partial charge in [0.25, 0.3) is 0 Å². The highest BCUT2D eigenvalue weighted by Crippen LogP contribution is 2.50. The highest BCUT2D eigenvalue weighted by Gasteiger charge is 2.52. The summed E-state index contributed by atoms with van der Waals surface area (Å²) in [4.78, 5) is 20.8. The minimum atomic E-state index is -4.52. The maximum atomic E-state index is 14.3. The molecule has 0 atom stereocenters. The summed E-state index contributed by atoms with van der Waals surface area (Å²) in [6.07, 6.45) is 3.92. The maximum absolute atomic E-state index is 14.3. The van der Waals surface area contributed by atoms with Crippen molar-refractivity contribution in [3.05, 3.63) is 81.1 Å². The van der Waals surface area contributed by atoms with Gasteiger partial charge in [-0.3, -0.25) is 4.79 Å². The molecule has 1 saturated carbocycles. The van der Waals surface area contributed by atoms with Gasteiger partial charge < -0.3 is 10.5 Å². The third-order valence-corrected chi connectivity index (χ3v) is 8.81. The van der Waals surface area contributed by atoms with Crippen LogP contribution >= 0.6 is 23.2 Å². The summed E-state index contributed by atoms with van der Waals surface area (Å²) in [5, 5.41) is -0.0564. The highest BCUT2D eigenvalue weighted by atomic mass is 35.5. The van der Waals surface area contributed by atoms with Gasteiger partial charge in [-0.25, -0.2) is 27.2 Å².